The first kappa shape index (κ1) is 28.5. The summed E-state index contributed by atoms with van der Waals surface area (Å²) in [5.74, 6) is 0.0605. The molecule has 0 unspecified atom stereocenters. The van der Waals surface area contributed by atoms with E-state index < -0.39 is 11.9 Å². The largest absolute Gasteiger partial charge is 0.503 e. The summed E-state index contributed by atoms with van der Waals surface area (Å²) in [5, 5.41) is 13.8. The maximum atomic E-state index is 13.9. The topological polar surface area (TPSA) is 103 Å². The van der Waals surface area contributed by atoms with Crippen molar-refractivity contribution >= 4 is 27.7 Å². The van der Waals surface area contributed by atoms with Crippen molar-refractivity contribution in [3.63, 3.8) is 0 Å². The second kappa shape index (κ2) is 11.7. The predicted molar refractivity (Wildman–Crippen MR) is 150 cm³/mol. The molecule has 9 heteroatoms. The van der Waals surface area contributed by atoms with E-state index in [4.69, 9.17) is 18.9 Å². The lowest BCUT2D eigenvalue weighted by atomic mass is 9.71. The molecule has 0 radical (unpaired) electrons. The molecule has 2 aromatic rings. The minimum Gasteiger partial charge on any atom is -0.503 e. The number of aromatic hydroxyl groups is 1. The zero-order valence-electron chi connectivity index (χ0n) is 23.0. The number of ketones is 1. The zero-order valence-corrected chi connectivity index (χ0v) is 24.6. The van der Waals surface area contributed by atoms with Crippen molar-refractivity contribution in [3.8, 4) is 23.0 Å². The first-order valence-corrected chi connectivity index (χ1v) is 13.7. The molecule has 2 aliphatic rings. The van der Waals surface area contributed by atoms with Gasteiger partial charge >= 0.3 is 5.97 Å². The molecule has 3 atom stereocenters. The maximum Gasteiger partial charge on any atom is 0.337 e. The molecule has 39 heavy (non-hydrogen) atoms. The fourth-order valence-electron chi connectivity index (χ4n) is 5.23. The Bertz CT molecular complexity index is 1360. The number of rotatable bonds is 8. The number of halogens is 1. The number of nitrogens with one attached hydrogen (secondary N) is 1. The second-order valence-corrected chi connectivity index (χ2v) is 10.7. The van der Waals surface area contributed by atoms with Gasteiger partial charge in [0.15, 0.2) is 28.8 Å². The molecule has 0 amide bonds. The maximum absolute atomic E-state index is 13.9. The van der Waals surface area contributed by atoms with E-state index in [9.17, 15) is 14.7 Å². The van der Waals surface area contributed by atoms with Crippen LogP contribution in [0.4, 0.5) is 0 Å². The van der Waals surface area contributed by atoms with Crippen LogP contribution in [-0.4, -0.2) is 44.3 Å². The lowest BCUT2D eigenvalue weighted by Crippen LogP contribution is -2.36. The highest BCUT2D eigenvalue weighted by atomic mass is 79.9. The number of phenolic OH excluding ortho intramolecular Hbond substituents is 1. The van der Waals surface area contributed by atoms with Crippen molar-refractivity contribution in [2.45, 2.75) is 58.0 Å². The van der Waals surface area contributed by atoms with Crippen molar-refractivity contribution in [1.29, 1.82) is 0 Å². The average Bonchev–Trinajstić information content (AvgIpc) is 2.92. The number of phenols is 1. The Kier molecular flexibility index (Phi) is 8.59. The number of carbonyl (C=O) groups excluding carboxylic acids is 2. The van der Waals surface area contributed by atoms with Gasteiger partial charge in [-0.05, 0) is 83.9 Å². The monoisotopic (exact) mass is 599 g/mol. The highest BCUT2D eigenvalue weighted by molar-refractivity contribution is 9.10. The van der Waals surface area contributed by atoms with Crippen LogP contribution in [0.2, 0.25) is 0 Å². The summed E-state index contributed by atoms with van der Waals surface area (Å²) in [6, 6.07) is 9.08. The normalized spacial score (nSPS) is 19.7. The van der Waals surface area contributed by atoms with Gasteiger partial charge in [0, 0.05) is 29.3 Å². The summed E-state index contributed by atoms with van der Waals surface area (Å²) in [5.41, 5.74) is 3.87. The molecular weight excluding hydrogens is 566 g/mol. The summed E-state index contributed by atoms with van der Waals surface area (Å²) in [6.07, 6.45) is 1.20. The Labute approximate surface area is 237 Å². The van der Waals surface area contributed by atoms with Gasteiger partial charge in [0.05, 0.1) is 37.5 Å². The van der Waals surface area contributed by atoms with Crippen LogP contribution in [0.25, 0.3) is 0 Å². The average molecular weight is 601 g/mol. The number of dihydropyridines is 1. The molecule has 2 aromatic carbocycles. The molecule has 0 spiro atoms. The fraction of sp³-hybridized carbons (Fsp3) is 0.400. The third-order valence-electron chi connectivity index (χ3n) is 7.41. The fourth-order valence-corrected chi connectivity index (χ4v) is 5.69. The van der Waals surface area contributed by atoms with Gasteiger partial charge in [0.1, 0.15) is 0 Å². The Morgan fingerprint density at radius 2 is 1.72 bits per heavy atom. The first-order chi connectivity index (χ1) is 18.6. The number of carbonyl (C=O) groups is 2. The van der Waals surface area contributed by atoms with Crippen LogP contribution in [-0.2, 0) is 14.3 Å². The summed E-state index contributed by atoms with van der Waals surface area (Å²) >= 11 is 3.40. The molecule has 208 valence electrons. The van der Waals surface area contributed by atoms with Crippen LogP contribution in [0.5, 0.6) is 23.0 Å². The van der Waals surface area contributed by atoms with E-state index in [1.54, 1.807) is 26.4 Å². The first-order valence-electron chi connectivity index (χ1n) is 12.9. The van der Waals surface area contributed by atoms with Gasteiger partial charge in [-0.1, -0.05) is 13.0 Å². The third-order valence-corrected chi connectivity index (χ3v) is 8.02. The molecule has 8 nitrogen and oxygen atoms in total. The van der Waals surface area contributed by atoms with Gasteiger partial charge in [0.2, 0.25) is 0 Å². The van der Waals surface area contributed by atoms with Gasteiger partial charge in [0.25, 0.3) is 0 Å². The molecule has 0 saturated heterocycles. The minimum atomic E-state index is -0.692. The van der Waals surface area contributed by atoms with E-state index in [0.717, 1.165) is 11.3 Å². The van der Waals surface area contributed by atoms with Crippen LogP contribution in [0.3, 0.4) is 0 Å². The van der Waals surface area contributed by atoms with E-state index in [1.807, 2.05) is 39.0 Å². The van der Waals surface area contributed by atoms with Gasteiger partial charge < -0.3 is 29.4 Å². The van der Waals surface area contributed by atoms with E-state index in [1.165, 1.54) is 7.11 Å². The quantitative estimate of drug-likeness (QED) is 0.362. The number of Topliss-reactive ketones (excluding diaryl/α,β-unsaturated/α-hetero) is 1. The van der Waals surface area contributed by atoms with Crippen molar-refractivity contribution in [2.75, 3.05) is 21.3 Å². The minimum absolute atomic E-state index is 0.0580. The molecule has 1 aliphatic carbocycles. The standard InChI is InChI=1S/C30H34BrNO7/c1-7-15(2)39-30(35)26-16(3)32-21-11-18(17-8-9-23(36-4)24(13-17)37-5)12-22(33)28(21)27(26)19-10-20(31)29(34)25(14-19)38-6/h8-10,13-15,18,27,32,34H,7,11-12H2,1-6H3/t15-,18+,27-/m0/s1. The molecule has 0 fully saturated rings. The van der Waals surface area contributed by atoms with Crippen LogP contribution in [0.1, 0.15) is 63.0 Å². The molecular formula is C30H34BrNO7. The lowest BCUT2D eigenvalue weighted by Gasteiger charge is -2.37. The summed E-state index contributed by atoms with van der Waals surface area (Å²) in [7, 11) is 4.62. The number of hydrogen-bond acceptors (Lipinski definition) is 8. The van der Waals surface area contributed by atoms with Crippen LogP contribution in [0, 0.1) is 0 Å². The zero-order chi connectivity index (χ0) is 28.4. The number of methoxy groups -OCH3 is 3. The van der Waals surface area contributed by atoms with Crippen molar-refractivity contribution in [2.24, 2.45) is 0 Å². The SMILES string of the molecule is CC[C@H](C)OC(=O)C1=C(C)NC2=C(C(=O)C[C@H](c3ccc(OC)c(OC)c3)C2)[C@H]1c1cc(Br)c(O)c(OC)c1. The van der Waals surface area contributed by atoms with Crippen LogP contribution >= 0.6 is 15.9 Å². The molecule has 2 N–H and O–H groups in total. The molecule has 0 bridgehead atoms. The molecule has 1 heterocycles. The number of hydrogen-bond donors (Lipinski definition) is 2. The Hall–Kier alpha value is -3.46. The smallest absolute Gasteiger partial charge is 0.337 e. The molecule has 0 saturated carbocycles. The summed E-state index contributed by atoms with van der Waals surface area (Å²) < 4.78 is 22.4. The second-order valence-electron chi connectivity index (χ2n) is 9.81. The van der Waals surface area contributed by atoms with E-state index in [0.29, 0.717) is 51.2 Å². The number of esters is 1. The van der Waals surface area contributed by atoms with Gasteiger partial charge in [-0.2, -0.15) is 0 Å². The van der Waals surface area contributed by atoms with Crippen LogP contribution < -0.4 is 19.5 Å². The highest BCUT2D eigenvalue weighted by Crippen LogP contribution is 2.48. The Morgan fingerprint density at radius 1 is 1.05 bits per heavy atom. The predicted octanol–water partition coefficient (Wildman–Crippen LogP) is 5.88. The van der Waals surface area contributed by atoms with Crippen molar-refractivity contribution in [1.82, 2.24) is 5.32 Å². The van der Waals surface area contributed by atoms with Gasteiger partial charge in [-0.3, -0.25) is 4.79 Å². The van der Waals surface area contributed by atoms with Gasteiger partial charge in [-0.15, -0.1) is 0 Å². The molecule has 0 aromatic heterocycles. The van der Waals surface area contributed by atoms with E-state index in [2.05, 4.69) is 21.2 Å². The summed E-state index contributed by atoms with van der Waals surface area (Å²) in [4.78, 5) is 27.4. The van der Waals surface area contributed by atoms with Crippen LogP contribution in [0.15, 0.2) is 57.3 Å². The summed E-state index contributed by atoms with van der Waals surface area (Å²) in [6.45, 7) is 5.60. The lowest BCUT2D eigenvalue weighted by molar-refractivity contribution is -0.144. The van der Waals surface area contributed by atoms with E-state index >= 15 is 0 Å². The Morgan fingerprint density at radius 3 is 2.36 bits per heavy atom. The number of ether oxygens (including phenoxy) is 4. The highest BCUT2D eigenvalue weighted by Gasteiger charge is 2.42. The number of benzene rings is 2. The van der Waals surface area contributed by atoms with Crippen molar-refractivity contribution < 1.29 is 33.6 Å². The number of allylic oxidation sites excluding steroid dienone is 3. The third kappa shape index (κ3) is 5.50. The Balaban J connectivity index is 1.83. The van der Waals surface area contributed by atoms with E-state index in [-0.39, 0.29) is 35.7 Å². The van der Waals surface area contributed by atoms with Crippen molar-refractivity contribution in [3.05, 3.63) is 68.5 Å². The molecule has 1 aliphatic heterocycles. The van der Waals surface area contributed by atoms with Gasteiger partial charge in [-0.25, -0.2) is 4.79 Å². The molecule has 4 rings (SSSR count).